The van der Waals surface area contributed by atoms with Gasteiger partial charge in [-0.15, -0.1) is 0 Å². The minimum absolute atomic E-state index is 0.359. The number of aromatic nitrogens is 3. The molecule has 0 unspecified atom stereocenters. The summed E-state index contributed by atoms with van der Waals surface area (Å²) in [5.41, 5.74) is 5.61. The van der Waals surface area contributed by atoms with E-state index in [1.807, 2.05) is 19.1 Å². The molecule has 0 amide bonds. The highest BCUT2D eigenvalue weighted by atomic mass is 79.9. The third kappa shape index (κ3) is 3.67. The van der Waals surface area contributed by atoms with Crippen molar-refractivity contribution in [3.8, 4) is 0 Å². The first-order chi connectivity index (χ1) is 13.0. The summed E-state index contributed by atoms with van der Waals surface area (Å²) < 4.78 is 7.37. The number of rotatable bonds is 4. The van der Waals surface area contributed by atoms with Crippen LogP contribution in [-0.2, 0) is 0 Å². The smallest absolute Gasteiger partial charge is 0.406 e. The SMILES string of the molecule is Cc1cnc(Nc2cc(Cl)cc(Br)c2)nc1Nn1c(=O)oc2ccccc21. The lowest BCUT2D eigenvalue weighted by Gasteiger charge is -2.11. The summed E-state index contributed by atoms with van der Waals surface area (Å²) in [4.78, 5) is 20.9. The van der Waals surface area contributed by atoms with Gasteiger partial charge >= 0.3 is 5.76 Å². The molecule has 136 valence electrons. The van der Waals surface area contributed by atoms with Gasteiger partial charge in [0.1, 0.15) is 5.52 Å². The Morgan fingerprint density at radius 1 is 1.22 bits per heavy atom. The van der Waals surface area contributed by atoms with E-state index in [0.29, 0.717) is 27.9 Å². The Kier molecular flexibility index (Phi) is 4.59. The van der Waals surface area contributed by atoms with Crippen molar-refractivity contribution in [1.29, 1.82) is 0 Å². The normalized spacial score (nSPS) is 10.9. The van der Waals surface area contributed by atoms with Crippen LogP contribution in [0.15, 0.2) is 62.3 Å². The third-order valence-electron chi connectivity index (χ3n) is 3.79. The van der Waals surface area contributed by atoms with Gasteiger partial charge in [-0.3, -0.25) is 5.43 Å². The largest absolute Gasteiger partial charge is 0.439 e. The molecule has 0 radical (unpaired) electrons. The van der Waals surface area contributed by atoms with Gasteiger partial charge in [-0.2, -0.15) is 9.66 Å². The molecule has 0 saturated heterocycles. The molecule has 9 heteroatoms. The van der Waals surface area contributed by atoms with Crippen LogP contribution in [0, 0.1) is 6.92 Å². The van der Waals surface area contributed by atoms with Crippen LogP contribution < -0.4 is 16.5 Å². The van der Waals surface area contributed by atoms with Crippen molar-refractivity contribution in [2.75, 3.05) is 10.7 Å². The molecule has 2 N–H and O–H groups in total. The zero-order valence-corrected chi connectivity index (χ0v) is 16.4. The number of hydrogen-bond donors (Lipinski definition) is 2. The van der Waals surface area contributed by atoms with Crippen molar-refractivity contribution in [2.45, 2.75) is 6.92 Å². The molecule has 0 fully saturated rings. The van der Waals surface area contributed by atoms with Gasteiger partial charge in [0.15, 0.2) is 11.4 Å². The van der Waals surface area contributed by atoms with Gasteiger partial charge in [-0.05, 0) is 37.3 Å². The number of anilines is 3. The van der Waals surface area contributed by atoms with E-state index in [1.54, 1.807) is 36.5 Å². The number of nitrogens with zero attached hydrogens (tertiary/aromatic N) is 3. The Morgan fingerprint density at radius 3 is 2.85 bits per heavy atom. The van der Waals surface area contributed by atoms with E-state index >= 15 is 0 Å². The van der Waals surface area contributed by atoms with Crippen molar-refractivity contribution >= 4 is 56.1 Å². The summed E-state index contributed by atoms with van der Waals surface area (Å²) in [5.74, 6) is 0.308. The lowest BCUT2D eigenvalue weighted by Crippen LogP contribution is -2.23. The number of nitrogens with one attached hydrogen (secondary N) is 2. The van der Waals surface area contributed by atoms with Crippen molar-refractivity contribution in [3.05, 3.63) is 74.3 Å². The maximum absolute atomic E-state index is 12.2. The predicted octanol–water partition coefficient (Wildman–Crippen LogP) is 4.73. The standard InChI is InChI=1S/C18H13BrClN5O2/c1-10-9-21-17(22-13-7-11(19)6-12(20)8-13)23-16(10)24-25-14-4-2-3-5-15(14)27-18(25)26/h2-9H,1H3,(H2,21,22,23,24). The van der Waals surface area contributed by atoms with Gasteiger partial charge in [-0.25, -0.2) is 9.78 Å². The fourth-order valence-corrected chi connectivity index (χ4v) is 3.41. The average molecular weight is 447 g/mol. The molecule has 0 spiro atoms. The molecule has 2 heterocycles. The highest BCUT2D eigenvalue weighted by Crippen LogP contribution is 2.25. The van der Waals surface area contributed by atoms with Crippen LogP contribution >= 0.6 is 27.5 Å². The van der Waals surface area contributed by atoms with E-state index in [9.17, 15) is 4.79 Å². The van der Waals surface area contributed by atoms with Gasteiger partial charge in [0.05, 0.1) is 0 Å². The first-order valence-electron chi connectivity index (χ1n) is 7.94. The number of benzene rings is 2. The molecule has 0 saturated carbocycles. The quantitative estimate of drug-likeness (QED) is 0.471. The molecular formula is C18H13BrClN5O2. The number of oxazole rings is 1. The van der Waals surface area contributed by atoms with Gasteiger partial charge in [0.2, 0.25) is 5.95 Å². The second kappa shape index (κ2) is 7.05. The second-order valence-corrected chi connectivity index (χ2v) is 7.14. The van der Waals surface area contributed by atoms with Crippen LogP contribution in [0.25, 0.3) is 11.1 Å². The molecule has 0 atom stereocenters. The lowest BCUT2D eigenvalue weighted by molar-refractivity contribution is 0.532. The molecule has 2 aromatic heterocycles. The Balaban J connectivity index is 1.68. The molecule has 27 heavy (non-hydrogen) atoms. The first-order valence-corrected chi connectivity index (χ1v) is 9.11. The summed E-state index contributed by atoms with van der Waals surface area (Å²) in [5, 5.41) is 3.67. The summed E-state index contributed by atoms with van der Waals surface area (Å²) in [6.45, 7) is 1.84. The Bertz CT molecular complexity index is 1180. The molecule has 0 aliphatic rings. The average Bonchev–Trinajstić information content (AvgIpc) is 2.92. The highest BCUT2D eigenvalue weighted by molar-refractivity contribution is 9.10. The van der Waals surface area contributed by atoms with Gasteiger partial charge in [0.25, 0.3) is 0 Å². The minimum atomic E-state index is -0.525. The number of aryl methyl sites for hydroxylation is 1. The molecule has 0 aliphatic carbocycles. The van der Waals surface area contributed by atoms with Crippen molar-refractivity contribution < 1.29 is 4.42 Å². The lowest BCUT2D eigenvalue weighted by atomic mass is 10.3. The Morgan fingerprint density at radius 2 is 2.04 bits per heavy atom. The van der Waals surface area contributed by atoms with Crippen LogP contribution in [-0.4, -0.2) is 14.6 Å². The van der Waals surface area contributed by atoms with E-state index in [1.165, 1.54) is 4.68 Å². The third-order valence-corrected chi connectivity index (χ3v) is 4.47. The summed E-state index contributed by atoms with van der Waals surface area (Å²) >= 11 is 9.47. The number of para-hydroxylation sites is 2. The van der Waals surface area contributed by atoms with Crippen LogP contribution in [0.4, 0.5) is 17.5 Å². The maximum atomic E-state index is 12.2. The number of halogens is 2. The first kappa shape index (κ1) is 17.6. The van der Waals surface area contributed by atoms with E-state index in [2.05, 4.69) is 36.6 Å². The molecule has 4 rings (SSSR count). The van der Waals surface area contributed by atoms with Crippen LogP contribution in [0.3, 0.4) is 0 Å². The second-order valence-electron chi connectivity index (χ2n) is 5.79. The maximum Gasteiger partial charge on any atom is 0.439 e. The summed E-state index contributed by atoms with van der Waals surface area (Å²) in [6.07, 6.45) is 1.66. The van der Waals surface area contributed by atoms with Gasteiger partial charge in [-0.1, -0.05) is 39.7 Å². The molecule has 2 aromatic carbocycles. The molecular weight excluding hydrogens is 434 g/mol. The van der Waals surface area contributed by atoms with Crippen LogP contribution in [0.2, 0.25) is 5.02 Å². The Labute approximate surface area is 167 Å². The molecule has 0 bridgehead atoms. The monoisotopic (exact) mass is 445 g/mol. The fraction of sp³-hybridized carbons (Fsp3) is 0.0556. The van der Waals surface area contributed by atoms with Gasteiger partial charge < -0.3 is 9.73 Å². The number of fused-ring (bicyclic) bond motifs is 1. The summed E-state index contributed by atoms with van der Waals surface area (Å²) in [6, 6.07) is 12.5. The van der Waals surface area contributed by atoms with Gasteiger partial charge in [0, 0.05) is 26.9 Å². The fourth-order valence-electron chi connectivity index (χ4n) is 2.55. The Hall–Kier alpha value is -2.84. The molecule has 0 aliphatic heterocycles. The zero-order chi connectivity index (χ0) is 19.0. The molecule has 4 aromatic rings. The predicted molar refractivity (Wildman–Crippen MR) is 109 cm³/mol. The van der Waals surface area contributed by atoms with E-state index in [-0.39, 0.29) is 0 Å². The zero-order valence-electron chi connectivity index (χ0n) is 14.0. The van der Waals surface area contributed by atoms with Crippen molar-refractivity contribution in [2.24, 2.45) is 0 Å². The van der Waals surface area contributed by atoms with E-state index in [4.69, 9.17) is 16.0 Å². The highest BCUT2D eigenvalue weighted by Gasteiger charge is 2.11. The van der Waals surface area contributed by atoms with Crippen molar-refractivity contribution in [1.82, 2.24) is 14.6 Å². The number of hydrogen-bond acceptors (Lipinski definition) is 6. The van der Waals surface area contributed by atoms with E-state index < -0.39 is 5.76 Å². The minimum Gasteiger partial charge on any atom is -0.406 e. The van der Waals surface area contributed by atoms with Crippen LogP contribution in [0.1, 0.15) is 5.56 Å². The topological polar surface area (TPSA) is 85.0 Å². The van der Waals surface area contributed by atoms with Crippen molar-refractivity contribution in [3.63, 3.8) is 0 Å². The summed E-state index contributed by atoms with van der Waals surface area (Å²) in [7, 11) is 0. The van der Waals surface area contributed by atoms with Crippen LogP contribution in [0.5, 0.6) is 0 Å². The molecule has 7 nitrogen and oxygen atoms in total. The van der Waals surface area contributed by atoms with E-state index in [0.717, 1.165) is 15.7 Å².